The van der Waals surface area contributed by atoms with Gasteiger partial charge in [0.05, 0.1) is 0 Å². The molecule has 1 aliphatic rings. The average Bonchev–Trinajstić information content (AvgIpc) is 2.76. The molecule has 6 nitrogen and oxygen atoms in total. The smallest absolute Gasteiger partial charge is 0.224 e. The summed E-state index contributed by atoms with van der Waals surface area (Å²) in [5.74, 6) is 0.992. The van der Waals surface area contributed by atoms with Gasteiger partial charge in [-0.2, -0.15) is 0 Å². The Kier molecular flexibility index (Phi) is 9.93. The van der Waals surface area contributed by atoms with Crippen LogP contribution in [0.1, 0.15) is 25.3 Å². The Morgan fingerprint density at radius 1 is 1.00 bits per heavy atom. The number of nitrogens with zero attached hydrogens (tertiary/aromatic N) is 3. The van der Waals surface area contributed by atoms with Crippen LogP contribution in [0.5, 0.6) is 0 Å². The number of halogens is 1. The molecule has 1 heterocycles. The molecule has 1 aliphatic heterocycles. The first-order valence-electron chi connectivity index (χ1n) is 10.3. The number of carbonyl (C=O) groups is 1. The van der Waals surface area contributed by atoms with Crippen molar-refractivity contribution in [3.63, 3.8) is 0 Å². The summed E-state index contributed by atoms with van der Waals surface area (Å²) < 4.78 is 0. The summed E-state index contributed by atoms with van der Waals surface area (Å²) in [6, 6.07) is 18.5. The molecule has 2 N–H and O–H groups in total. The van der Waals surface area contributed by atoms with Gasteiger partial charge in [-0.1, -0.05) is 37.3 Å². The number of hydrogen-bond acceptors (Lipinski definition) is 3. The maximum Gasteiger partial charge on any atom is 0.224 e. The van der Waals surface area contributed by atoms with Gasteiger partial charge in [0.15, 0.2) is 5.96 Å². The Morgan fingerprint density at radius 3 is 2.27 bits per heavy atom. The Labute approximate surface area is 196 Å². The Balaban J connectivity index is 0.00000320. The molecular weight excluding hydrogens is 489 g/mol. The molecule has 1 amide bonds. The summed E-state index contributed by atoms with van der Waals surface area (Å²) in [5.41, 5.74) is 3.28. The van der Waals surface area contributed by atoms with Crippen molar-refractivity contribution in [2.24, 2.45) is 4.99 Å². The van der Waals surface area contributed by atoms with Gasteiger partial charge >= 0.3 is 0 Å². The summed E-state index contributed by atoms with van der Waals surface area (Å²) in [4.78, 5) is 20.9. The van der Waals surface area contributed by atoms with E-state index in [1.54, 1.807) is 0 Å². The van der Waals surface area contributed by atoms with Crippen molar-refractivity contribution >= 4 is 47.2 Å². The number of carbonyl (C=O) groups excluding carboxylic acids is 1. The van der Waals surface area contributed by atoms with Crippen molar-refractivity contribution in [2.75, 3.05) is 43.4 Å². The Bertz CT molecular complexity index is 802. The number of rotatable bonds is 6. The minimum atomic E-state index is 0. The van der Waals surface area contributed by atoms with Gasteiger partial charge in [0.1, 0.15) is 0 Å². The second kappa shape index (κ2) is 12.4. The fraction of sp³-hybridized carbons (Fsp3) is 0.391. The highest BCUT2D eigenvalue weighted by Gasteiger charge is 2.19. The Morgan fingerprint density at radius 2 is 1.67 bits per heavy atom. The number of nitrogens with one attached hydrogen (secondary N) is 2. The van der Waals surface area contributed by atoms with E-state index >= 15 is 0 Å². The van der Waals surface area contributed by atoms with Gasteiger partial charge in [0, 0.05) is 57.6 Å². The van der Waals surface area contributed by atoms with Crippen LogP contribution in [-0.2, 0) is 11.3 Å². The SMILES string of the molecule is CCCC(=O)Nc1ccc(CNC(=NC)N2CCN(c3ccccc3)CC2)cc1.I. The fourth-order valence-corrected chi connectivity index (χ4v) is 3.49. The number of benzene rings is 2. The quantitative estimate of drug-likeness (QED) is 0.344. The van der Waals surface area contributed by atoms with Gasteiger partial charge in [0.2, 0.25) is 5.91 Å². The number of anilines is 2. The summed E-state index contributed by atoms with van der Waals surface area (Å²) in [5, 5.41) is 6.38. The molecule has 2 aromatic carbocycles. The predicted octanol–water partition coefficient (Wildman–Crippen LogP) is 3.94. The van der Waals surface area contributed by atoms with Crippen molar-refractivity contribution in [1.82, 2.24) is 10.2 Å². The highest BCUT2D eigenvalue weighted by Crippen LogP contribution is 2.16. The monoisotopic (exact) mass is 521 g/mol. The predicted molar refractivity (Wildman–Crippen MR) is 136 cm³/mol. The lowest BCUT2D eigenvalue weighted by Gasteiger charge is -2.37. The largest absolute Gasteiger partial charge is 0.368 e. The van der Waals surface area contributed by atoms with Crippen LogP contribution in [0.4, 0.5) is 11.4 Å². The van der Waals surface area contributed by atoms with E-state index in [9.17, 15) is 4.79 Å². The molecule has 30 heavy (non-hydrogen) atoms. The standard InChI is InChI=1S/C23H31N5O.HI/c1-3-7-22(29)26-20-12-10-19(11-13-20)18-25-23(24-2)28-16-14-27(15-17-28)21-8-5-4-6-9-21;/h4-6,8-13H,3,7,14-18H2,1-2H3,(H,24,25)(H,26,29);1H. The van der Waals surface area contributed by atoms with Crippen molar-refractivity contribution in [3.8, 4) is 0 Å². The third-order valence-corrected chi connectivity index (χ3v) is 5.08. The zero-order chi connectivity index (χ0) is 20.5. The molecule has 0 radical (unpaired) electrons. The van der Waals surface area contributed by atoms with Crippen LogP contribution in [0.15, 0.2) is 59.6 Å². The summed E-state index contributed by atoms with van der Waals surface area (Å²) in [7, 11) is 1.83. The molecule has 0 bridgehead atoms. The van der Waals surface area contributed by atoms with Crippen molar-refractivity contribution in [2.45, 2.75) is 26.3 Å². The number of piperazine rings is 1. The third-order valence-electron chi connectivity index (χ3n) is 5.08. The summed E-state index contributed by atoms with van der Waals surface area (Å²) >= 11 is 0. The fourth-order valence-electron chi connectivity index (χ4n) is 3.49. The minimum Gasteiger partial charge on any atom is -0.368 e. The van der Waals surface area contributed by atoms with E-state index in [-0.39, 0.29) is 29.9 Å². The molecule has 7 heteroatoms. The number of amides is 1. The molecular formula is C23H32IN5O. The minimum absolute atomic E-state index is 0. The molecule has 0 saturated carbocycles. The lowest BCUT2D eigenvalue weighted by atomic mass is 10.2. The van der Waals surface area contributed by atoms with Crippen LogP contribution < -0.4 is 15.5 Å². The van der Waals surface area contributed by atoms with E-state index in [1.165, 1.54) is 5.69 Å². The molecule has 0 unspecified atom stereocenters. The first kappa shape index (κ1) is 24.0. The lowest BCUT2D eigenvalue weighted by Crippen LogP contribution is -2.52. The van der Waals surface area contributed by atoms with Gasteiger partial charge in [-0.05, 0) is 36.2 Å². The van der Waals surface area contributed by atoms with Gasteiger partial charge in [-0.3, -0.25) is 9.79 Å². The van der Waals surface area contributed by atoms with Gasteiger partial charge in [-0.25, -0.2) is 0 Å². The van der Waals surface area contributed by atoms with Crippen LogP contribution in [0.2, 0.25) is 0 Å². The zero-order valence-corrected chi connectivity index (χ0v) is 20.1. The van der Waals surface area contributed by atoms with E-state index in [4.69, 9.17) is 0 Å². The first-order valence-corrected chi connectivity index (χ1v) is 10.3. The van der Waals surface area contributed by atoms with Crippen LogP contribution in [0, 0.1) is 0 Å². The maximum atomic E-state index is 11.7. The highest BCUT2D eigenvalue weighted by atomic mass is 127. The Hall–Kier alpha value is -2.29. The topological polar surface area (TPSA) is 60.0 Å². The van der Waals surface area contributed by atoms with Crippen LogP contribution >= 0.6 is 24.0 Å². The second-order valence-electron chi connectivity index (χ2n) is 7.21. The molecule has 1 saturated heterocycles. The van der Waals surface area contributed by atoms with Gasteiger partial charge in [-0.15, -0.1) is 24.0 Å². The van der Waals surface area contributed by atoms with Crippen molar-refractivity contribution < 1.29 is 4.79 Å². The number of aliphatic imine (C=N–C) groups is 1. The van der Waals surface area contributed by atoms with E-state index in [0.717, 1.165) is 49.8 Å². The van der Waals surface area contributed by atoms with Gasteiger partial charge in [0.25, 0.3) is 0 Å². The maximum absolute atomic E-state index is 11.7. The number of guanidine groups is 1. The molecule has 3 rings (SSSR count). The summed E-state index contributed by atoms with van der Waals surface area (Å²) in [6.45, 7) is 6.55. The number of hydrogen-bond donors (Lipinski definition) is 2. The highest BCUT2D eigenvalue weighted by molar-refractivity contribution is 14.0. The summed E-state index contributed by atoms with van der Waals surface area (Å²) in [6.07, 6.45) is 1.41. The van der Waals surface area contributed by atoms with Crippen LogP contribution in [0.25, 0.3) is 0 Å². The van der Waals surface area contributed by atoms with E-state index < -0.39 is 0 Å². The molecule has 0 aliphatic carbocycles. The van der Waals surface area contributed by atoms with Crippen LogP contribution in [-0.4, -0.2) is 50.0 Å². The van der Waals surface area contributed by atoms with E-state index in [1.807, 2.05) is 38.2 Å². The molecule has 1 fully saturated rings. The molecule has 2 aromatic rings. The molecule has 0 aromatic heterocycles. The van der Waals surface area contributed by atoms with Gasteiger partial charge < -0.3 is 20.4 Å². The normalized spacial score (nSPS) is 14.1. The zero-order valence-electron chi connectivity index (χ0n) is 17.8. The second-order valence-corrected chi connectivity index (χ2v) is 7.21. The molecule has 0 spiro atoms. The van der Waals surface area contributed by atoms with E-state index in [0.29, 0.717) is 13.0 Å². The molecule has 0 atom stereocenters. The van der Waals surface area contributed by atoms with Crippen molar-refractivity contribution in [3.05, 3.63) is 60.2 Å². The molecule has 162 valence electrons. The third kappa shape index (κ3) is 6.90. The number of para-hydroxylation sites is 1. The lowest BCUT2D eigenvalue weighted by molar-refractivity contribution is -0.116. The van der Waals surface area contributed by atoms with Crippen LogP contribution in [0.3, 0.4) is 0 Å². The first-order chi connectivity index (χ1) is 14.2. The van der Waals surface area contributed by atoms with Crippen molar-refractivity contribution in [1.29, 1.82) is 0 Å². The average molecular weight is 521 g/mol. The van der Waals surface area contributed by atoms with E-state index in [2.05, 4.69) is 55.8 Å².